The Kier molecular flexibility index (Phi) is 9.63. The molecule has 4 heteroatoms. The lowest BCUT2D eigenvalue weighted by molar-refractivity contribution is 0.332. The molecule has 2 aliphatic heterocycles. The van der Waals surface area contributed by atoms with Gasteiger partial charge in [0, 0.05) is 56.6 Å². The summed E-state index contributed by atoms with van der Waals surface area (Å²) in [6, 6.07) is 63.4. The summed E-state index contributed by atoms with van der Waals surface area (Å²) in [4.78, 5) is 7.76. The van der Waals surface area contributed by atoms with Crippen LogP contribution in [0.15, 0.2) is 164 Å². The van der Waals surface area contributed by atoms with Gasteiger partial charge in [0.2, 0.25) is 0 Å². The summed E-state index contributed by atoms with van der Waals surface area (Å²) in [7, 11) is 0. The van der Waals surface area contributed by atoms with Crippen LogP contribution in [-0.4, -0.2) is 6.71 Å². The van der Waals surface area contributed by atoms with Crippen molar-refractivity contribution in [2.24, 2.45) is 0 Å². The zero-order valence-corrected chi connectivity index (χ0v) is 44.3. The second kappa shape index (κ2) is 15.4. The Labute approximate surface area is 429 Å². The van der Waals surface area contributed by atoms with E-state index in [0.29, 0.717) is 0 Å². The number of hydrogen-bond donors (Lipinski definition) is 0. The van der Waals surface area contributed by atoms with Gasteiger partial charge in [0.1, 0.15) is 0 Å². The van der Waals surface area contributed by atoms with Crippen LogP contribution in [0, 0.1) is 6.92 Å². The van der Waals surface area contributed by atoms with Crippen LogP contribution in [0.3, 0.4) is 0 Å². The smallest absolute Gasteiger partial charge is 0.252 e. The lowest BCUT2D eigenvalue weighted by atomic mass is 9.33. The van der Waals surface area contributed by atoms with E-state index in [1.54, 1.807) is 0 Å². The minimum absolute atomic E-state index is 0.00156. The molecule has 72 heavy (non-hydrogen) atoms. The maximum absolute atomic E-state index is 2.69. The fraction of sp³-hybridized carbons (Fsp3) is 0.294. The molecule has 0 spiro atoms. The van der Waals surface area contributed by atoms with E-state index in [1.807, 2.05) is 0 Å². The Morgan fingerprint density at radius 2 is 0.861 bits per heavy atom. The minimum atomic E-state index is -0.154. The van der Waals surface area contributed by atoms with Gasteiger partial charge >= 0.3 is 0 Å². The molecule has 0 saturated heterocycles. The molecular formula is C68H68BN3. The van der Waals surface area contributed by atoms with E-state index >= 15 is 0 Å². The Morgan fingerprint density at radius 1 is 0.375 bits per heavy atom. The van der Waals surface area contributed by atoms with Crippen LogP contribution in [0.4, 0.5) is 51.2 Å². The Hall–Kier alpha value is -6.78. The number of rotatable bonds is 5. The van der Waals surface area contributed by atoms with Gasteiger partial charge in [0.05, 0.1) is 0 Å². The molecule has 0 radical (unpaired) electrons. The zero-order valence-electron chi connectivity index (χ0n) is 44.3. The van der Waals surface area contributed by atoms with Crippen molar-refractivity contribution >= 4 is 74.3 Å². The first kappa shape index (κ1) is 45.1. The number of aryl methyl sites for hydroxylation is 1. The summed E-state index contributed by atoms with van der Waals surface area (Å²) >= 11 is 0. The van der Waals surface area contributed by atoms with Crippen LogP contribution in [0.2, 0.25) is 0 Å². The average molecular weight is 938 g/mol. The van der Waals surface area contributed by atoms with Crippen LogP contribution < -0.4 is 31.1 Å². The molecule has 358 valence electrons. The van der Waals surface area contributed by atoms with E-state index < -0.39 is 0 Å². The van der Waals surface area contributed by atoms with Crippen molar-refractivity contribution in [2.45, 2.75) is 129 Å². The van der Waals surface area contributed by atoms with E-state index in [-0.39, 0.29) is 33.8 Å². The van der Waals surface area contributed by atoms with Crippen LogP contribution in [0.5, 0.6) is 0 Å². The summed E-state index contributed by atoms with van der Waals surface area (Å²) in [6.45, 7) is 26.9. The van der Waals surface area contributed by atoms with Gasteiger partial charge < -0.3 is 14.7 Å². The molecule has 5 aliphatic rings. The second-order valence-corrected chi connectivity index (χ2v) is 25.2. The van der Waals surface area contributed by atoms with Crippen molar-refractivity contribution in [3.63, 3.8) is 0 Å². The zero-order chi connectivity index (χ0) is 49.9. The normalized spacial score (nSPS) is 18.5. The maximum atomic E-state index is 2.69. The minimum Gasteiger partial charge on any atom is -0.311 e. The Morgan fingerprint density at radius 3 is 1.47 bits per heavy atom. The average Bonchev–Trinajstić information content (AvgIpc) is 3.59. The number of benzene rings is 8. The predicted molar refractivity (Wildman–Crippen MR) is 308 cm³/mol. The summed E-state index contributed by atoms with van der Waals surface area (Å²) in [6.07, 6.45) is 4.70. The van der Waals surface area contributed by atoms with Crippen LogP contribution >= 0.6 is 0 Å². The Bertz CT molecular complexity index is 3500. The van der Waals surface area contributed by atoms with Gasteiger partial charge in [-0.3, -0.25) is 0 Å². The highest BCUT2D eigenvalue weighted by molar-refractivity contribution is 7.00. The van der Waals surface area contributed by atoms with Gasteiger partial charge in [0.25, 0.3) is 6.71 Å². The third-order valence-corrected chi connectivity index (χ3v) is 18.4. The molecule has 0 unspecified atom stereocenters. The van der Waals surface area contributed by atoms with Gasteiger partial charge in [-0.25, -0.2) is 0 Å². The molecule has 8 aromatic carbocycles. The van der Waals surface area contributed by atoms with Crippen molar-refractivity contribution in [3.8, 4) is 11.1 Å². The number of para-hydroxylation sites is 2. The third-order valence-electron chi connectivity index (χ3n) is 18.4. The van der Waals surface area contributed by atoms with E-state index in [4.69, 9.17) is 0 Å². The molecule has 3 nitrogen and oxygen atoms in total. The molecule has 0 saturated carbocycles. The number of nitrogens with zero attached hydrogens (tertiary/aromatic N) is 3. The fourth-order valence-corrected chi connectivity index (χ4v) is 14.0. The molecule has 0 aromatic heterocycles. The number of fused-ring (bicyclic) bond motifs is 9. The van der Waals surface area contributed by atoms with E-state index in [2.05, 4.69) is 255 Å². The summed E-state index contributed by atoms with van der Waals surface area (Å²) < 4.78 is 0. The quantitative estimate of drug-likeness (QED) is 0.159. The molecule has 0 fully saturated rings. The summed E-state index contributed by atoms with van der Waals surface area (Å²) in [5, 5.41) is 0. The highest BCUT2D eigenvalue weighted by Gasteiger charge is 2.48. The van der Waals surface area contributed by atoms with Crippen LogP contribution in [-0.2, 0) is 27.1 Å². The van der Waals surface area contributed by atoms with Crippen molar-refractivity contribution in [2.75, 3.05) is 14.7 Å². The second-order valence-electron chi connectivity index (χ2n) is 25.2. The largest absolute Gasteiger partial charge is 0.311 e. The van der Waals surface area contributed by atoms with Crippen molar-refractivity contribution in [1.29, 1.82) is 0 Å². The molecule has 0 amide bonds. The van der Waals surface area contributed by atoms with Crippen molar-refractivity contribution < 1.29 is 0 Å². The monoisotopic (exact) mass is 938 g/mol. The first-order valence-corrected chi connectivity index (χ1v) is 26.7. The standard InChI is InChI=1S/C68H68BN3/c1-43-36-61-63-62(37-43)72(47-27-30-52-54(39-47)65(4,5)33-32-64(52,2)3)60-42-56-55(66(6,7)34-35-67(56,8)9)41-58(60)69(63)57-31-28-48(70(44-20-14-12-15-21-44)45-22-16-13-17-23-45)40-59(57)71(61)46-26-29-50-49-24-18-19-25-51(49)68(10,11)53(50)38-46/h12-31,36-42H,32-35H2,1-11H3. The molecule has 13 rings (SSSR count). The molecule has 0 bridgehead atoms. The molecular weight excluding hydrogens is 870 g/mol. The van der Waals surface area contributed by atoms with Gasteiger partial charge in [-0.15, -0.1) is 0 Å². The summed E-state index contributed by atoms with van der Waals surface area (Å²) in [5.74, 6) is 0. The van der Waals surface area contributed by atoms with E-state index in [1.165, 1.54) is 120 Å². The number of hydrogen-bond acceptors (Lipinski definition) is 3. The Balaban J connectivity index is 1.12. The van der Waals surface area contributed by atoms with E-state index in [9.17, 15) is 0 Å². The molecule has 0 N–H and O–H groups in total. The first-order chi connectivity index (χ1) is 34.3. The van der Waals surface area contributed by atoms with Crippen LogP contribution in [0.25, 0.3) is 11.1 Å². The predicted octanol–water partition coefficient (Wildman–Crippen LogP) is 16.6. The first-order valence-electron chi connectivity index (χ1n) is 26.7. The van der Waals surface area contributed by atoms with E-state index in [0.717, 1.165) is 23.5 Å². The highest BCUT2D eigenvalue weighted by atomic mass is 15.2. The third kappa shape index (κ3) is 6.56. The fourth-order valence-electron chi connectivity index (χ4n) is 14.0. The highest BCUT2D eigenvalue weighted by Crippen LogP contribution is 2.55. The van der Waals surface area contributed by atoms with Gasteiger partial charge in [-0.2, -0.15) is 0 Å². The van der Waals surface area contributed by atoms with Crippen molar-refractivity contribution in [3.05, 3.63) is 203 Å². The lowest BCUT2D eigenvalue weighted by Crippen LogP contribution is -2.62. The summed E-state index contributed by atoms with van der Waals surface area (Å²) in [5.41, 5.74) is 27.8. The maximum Gasteiger partial charge on any atom is 0.252 e. The SMILES string of the molecule is Cc1cc2c3c(c1)N(c1ccc4c(c1)C(C)(C)CCC4(C)C)c1cc4c(cc1B3c1ccc(N(c3ccccc3)c3ccccc3)cc1N2c1ccc2c(c1)C(C)(C)c1ccccc1-2)C(C)(C)CCC4(C)C. The van der Waals surface area contributed by atoms with Crippen molar-refractivity contribution in [1.82, 2.24) is 0 Å². The topological polar surface area (TPSA) is 9.72 Å². The van der Waals surface area contributed by atoms with Gasteiger partial charge in [-0.1, -0.05) is 154 Å². The molecule has 3 aliphatic carbocycles. The molecule has 8 aromatic rings. The lowest BCUT2D eigenvalue weighted by Gasteiger charge is -2.48. The van der Waals surface area contributed by atoms with Gasteiger partial charge in [-0.05, 0) is 200 Å². The van der Waals surface area contributed by atoms with Crippen LogP contribution in [0.1, 0.15) is 134 Å². The molecule has 2 heterocycles. The van der Waals surface area contributed by atoms with Gasteiger partial charge in [0.15, 0.2) is 0 Å². The number of anilines is 9. The molecule has 0 atom stereocenters.